The first-order valence-electron chi connectivity index (χ1n) is 6.83. The zero-order valence-corrected chi connectivity index (χ0v) is 10.9. The number of rotatable bonds is 3. The molecule has 3 rings (SSSR count). The Morgan fingerprint density at radius 1 is 1.56 bits per heavy atom. The van der Waals surface area contributed by atoms with Crippen LogP contribution in [0, 0.1) is 6.92 Å². The molecule has 18 heavy (non-hydrogen) atoms. The number of fused-ring (bicyclic) bond motifs is 1. The maximum Gasteiger partial charge on any atom is 0.126 e. The molecule has 98 valence electrons. The molecule has 2 fully saturated rings. The number of morpholine rings is 1. The van der Waals surface area contributed by atoms with Crippen molar-refractivity contribution in [2.45, 2.75) is 31.9 Å². The zero-order valence-electron chi connectivity index (χ0n) is 10.9. The molecule has 0 aliphatic carbocycles. The van der Waals surface area contributed by atoms with Crippen LogP contribution < -0.4 is 5.32 Å². The molecule has 2 aliphatic heterocycles. The highest BCUT2D eigenvalue weighted by Crippen LogP contribution is 2.22. The van der Waals surface area contributed by atoms with Crippen molar-refractivity contribution in [2.24, 2.45) is 0 Å². The van der Waals surface area contributed by atoms with Crippen LogP contribution in [-0.2, 0) is 4.74 Å². The minimum absolute atomic E-state index is 0.293. The third-order valence-corrected chi connectivity index (χ3v) is 3.89. The van der Waals surface area contributed by atoms with E-state index in [1.165, 1.54) is 24.9 Å². The van der Waals surface area contributed by atoms with Gasteiger partial charge in [-0.15, -0.1) is 0 Å². The van der Waals surface area contributed by atoms with Gasteiger partial charge in [-0.05, 0) is 44.0 Å². The van der Waals surface area contributed by atoms with E-state index in [9.17, 15) is 0 Å². The van der Waals surface area contributed by atoms with Crippen LogP contribution in [0.2, 0.25) is 0 Å². The summed E-state index contributed by atoms with van der Waals surface area (Å²) in [5.74, 6) is 0.946. The van der Waals surface area contributed by atoms with Crippen molar-refractivity contribution in [3.8, 4) is 0 Å². The molecule has 0 radical (unpaired) electrons. The monoisotopic (exact) mass is 247 g/mol. The number of nitrogens with zero attached hydrogens (tertiary/aromatic N) is 2. The van der Waals surface area contributed by atoms with E-state index in [4.69, 9.17) is 4.74 Å². The van der Waals surface area contributed by atoms with Crippen LogP contribution >= 0.6 is 0 Å². The van der Waals surface area contributed by atoms with Crippen molar-refractivity contribution in [3.05, 3.63) is 23.9 Å². The SMILES string of the molecule is Cc1ccnc(NCC2CN3CCCC3CO2)c1. The minimum atomic E-state index is 0.293. The van der Waals surface area contributed by atoms with Gasteiger partial charge in [-0.25, -0.2) is 4.98 Å². The average molecular weight is 247 g/mol. The lowest BCUT2D eigenvalue weighted by molar-refractivity contribution is -0.0416. The number of hydrogen-bond acceptors (Lipinski definition) is 4. The first-order valence-corrected chi connectivity index (χ1v) is 6.83. The predicted molar refractivity (Wildman–Crippen MR) is 71.8 cm³/mol. The first-order chi connectivity index (χ1) is 8.81. The highest BCUT2D eigenvalue weighted by molar-refractivity contribution is 5.37. The zero-order chi connectivity index (χ0) is 12.4. The van der Waals surface area contributed by atoms with E-state index in [-0.39, 0.29) is 0 Å². The fourth-order valence-electron chi connectivity index (χ4n) is 2.86. The number of anilines is 1. The van der Waals surface area contributed by atoms with Crippen molar-refractivity contribution in [1.82, 2.24) is 9.88 Å². The van der Waals surface area contributed by atoms with Crippen molar-refractivity contribution >= 4 is 5.82 Å². The van der Waals surface area contributed by atoms with Crippen LogP contribution in [0.4, 0.5) is 5.82 Å². The van der Waals surface area contributed by atoms with E-state index < -0.39 is 0 Å². The third-order valence-electron chi connectivity index (χ3n) is 3.89. The first kappa shape index (κ1) is 11.9. The van der Waals surface area contributed by atoms with Gasteiger partial charge >= 0.3 is 0 Å². The molecule has 2 atom stereocenters. The van der Waals surface area contributed by atoms with Crippen molar-refractivity contribution < 1.29 is 4.74 Å². The summed E-state index contributed by atoms with van der Waals surface area (Å²) in [6.45, 7) is 6.13. The van der Waals surface area contributed by atoms with Crippen LogP contribution in [0.1, 0.15) is 18.4 Å². The Morgan fingerprint density at radius 2 is 2.50 bits per heavy atom. The van der Waals surface area contributed by atoms with Gasteiger partial charge in [-0.3, -0.25) is 4.90 Å². The third kappa shape index (κ3) is 2.65. The summed E-state index contributed by atoms with van der Waals surface area (Å²) in [5, 5.41) is 3.37. The van der Waals surface area contributed by atoms with E-state index in [2.05, 4.69) is 28.2 Å². The summed E-state index contributed by atoms with van der Waals surface area (Å²) < 4.78 is 5.91. The molecule has 0 bridgehead atoms. The molecule has 3 heterocycles. The van der Waals surface area contributed by atoms with Crippen molar-refractivity contribution in [2.75, 3.05) is 31.6 Å². The van der Waals surface area contributed by atoms with Crippen LogP contribution in [0.3, 0.4) is 0 Å². The van der Waals surface area contributed by atoms with Gasteiger partial charge in [0.25, 0.3) is 0 Å². The maximum absolute atomic E-state index is 5.91. The summed E-state index contributed by atoms with van der Waals surface area (Å²) in [4.78, 5) is 6.88. The van der Waals surface area contributed by atoms with Crippen LogP contribution in [0.15, 0.2) is 18.3 Å². The standard InChI is InChI=1S/C14H21N3O/c1-11-4-5-15-14(7-11)16-8-13-9-17-6-2-3-12(17)10-18-13/h4-5,7,12-13H,2-3,6,8-10H2,1H3,(H,15,16). The van der Waals surface area contributed by atoms with Gasteiger partial charge < -0.3 is 10.1 Å². The molecule has 1 aromatic rings. The second-order valence-corrected chi connectivity index (χ2v) is 5.35. The van der Waals surface area contributed by atoms with E-state index in [0.717, 1.165) is 25.5 Å². The molecule has 2 unspecified atom stereocenters. The van der Waals surface area contributed by atoms with E-state index in [1.807, 2.05) is 12.3 Å². The number of aromatic nitrogens is 1. The predicted octanol–water partition coefficient (Wildman–Crippen LogP) is 1.67. The summed E-state index contributed by atoms with van der Waals surface area (Å²) in [6.07, 6.45) is 4.77. The van der Waals surface area contributed by atoms with Gasteiger partial charge in [-0.1, -0.05) is 0 Å². The molecule has 0 saturated carbocycles. The highest BCUT2D eigenvalue weighted by Gasteiger charge is 2.31. The smallest absolute Gasteiger partial charge is 0.126 e. The number of nitrogens with one attached hydrogen (secondary N) is 1. The highest BCUT2D eigenvalue weighted by atomic mass is 16.5. The maximum atomic E-state index is 5.91. The van der Waals surface area contributed by atoms with Gasteiger partial charge in [0, 0.05) is 25.3 Å². The van der Waals surface area contributed by atoms with Crippen molar-refractivity contribution in [3.63, 3.8) is 0 Å². The Morgan fingerprint density at radius 3 is 3.39 bits per heavy atom. The molecule has 2 saturated heterocycles. The largest absolute Gasteiger partial charge is 0.373 e. The number of pyridine rings is 1. The normalized spacial score (nSPS) is 28.1. The van der Waals surface area contributed by atoms with Crippen LogP contribution in [-0.4, -0.2) is 48.3 Å². The Bertz CT molecular complexity index is 410. The van der Waals surface area contributed by atoms with Crippen molar-refractivity contribution in [1.29, 1.82) is 0 Å². The van der Waals surface area contributed by atoms with Gasteiger partial charge in [0.1, 0.15) is 5.82 Å². The topological polar surface area (TPSA) is 37.4 Å². The Balaban J connectivity index is 1.51. The molecule has 0 spiro atoms. The fraction of sp³-hybridized carbons (Fsp3) is 0.643. The lowest BCUT2D eigenvalue weighted by Crippen LogP contribution is -2.48. The minimum Gasteiger partial charge on any atom is -0.373 e. The Kier molecular flexibility index (Phi) is 3.48. The fourth-order valence-corrected chi connectivity index (χ4v) is 2.86. The Hall–Kier alpha value is -1.13. The number of aryl methyl sites for hydroxylation is 1. The quantitative estimate of drug-likeness (QED) is 0.881. The molecule has 1 N–H and O–H groups in total. The van der Waals surface area contributed by atoms with Crippen LogP contribution in [0.25, 0.3) is 0 Å². The van der Waals surface area contributed by atoms with E-state index in [1.54, 1.807) is 0 Å². The number of hydrogen-bond donors (Lipinski definition) is 1. The Labute approximate surface area is 108 Å². The summed E-state index contributed by atoms with van der Waals surface area (Å²) in [5.41, 5.74) is 1.23. The van der Waals surface area contributed by atoms with E-state index >= 15 is 0 Å². The lowest BCUT2D eigenvalue weighted by Gasteiger charge is -2.35. The molecule has 1 aromatic heterocycles. The number of ether oxygens (including phenoxy) is 1. The van der Waals surface area contributed by atoms with Gasteiger partial charge in [-0.2, -0.15) is 0 Å². The molecule has 2 aliphatic rings. The summed E-state index contributed by atoms with van der Waals surface area (Å²) in [7, 11) is 0. The van der Waals surface area contributed by atoms with Gasteiger partial charge in [0.05, 0.1) is 12.7 Å². The molecule has 4 nitrogen and oxygen atoms in total. The average Bonchev–Trinajstić information content (AvgIpc) is 2.84. The lowest BCUT2D eigenvalue weighted by atomic mass is 10.2. The van der Waals surface area contributed by atoms with Gasteiger partial charge in [0.15, 0.2) is 0 Å². The summed E-state index contributed by atoms with van der Waals surface area (Å²) in [6, 6.07) is 4.76. The molecule has 0 aromatic carbocycles. The summed E-state index contributed by atoms with van der Waals surface area (Å²) >= 11 is 0. The second kappa shape index (κ2) is 5.24. The van der Waals surface area contributed by atoms with Gasteiger partial charge in [0.2, 0.25) is 0 Å². The second-order valence-electron chi connectivity index (χ2n) is 5.35. The molecule has 0 amide bonds. The molecular weight excluding hydrogens is 226 g/mol. The van der Waals surface area contributed by atoms with E-state index in [0.29, 0.717) is 12.1 Å². The van der Waals surface area contributed by atoms with Crippen LogP contribution in [0.5, 0.6) is 0 Å². The molecule has 4 heteroatoms. The molecular formula is C14H21N3O.